The first-order valence-corrected chi connectivity index (χ1v) is 10.3. The summed E-state index contributed by atoms with van der Waals surface area (Å²) in [6.07, 6.45) is 0.792. The van der Waals surface area contributed by atoms with Crippen molar-refractivity contribution in [2.24, 2.45) is 0 Å². The molecule has 1 unspecified atom stereocenters. The lowest BCUT2D eigenvalue weighted by Gasteiger charge is -2.12. The third-order valence-electron chi connectivity index (χ3n) is 3.99. The number of nitrogens with one attached hydrogen (secondary N) is 1. The molecular weight excluding hydrogens is 370 g/mol. The van der Waals surface area contributed by atoms with Crippen LogP contribution in [-0.2, 0) is 17.8 Å². The van der Waals surface area contributed by atoms with Crippen molar-refractivity contribution in [2.45, 2.75) is 42.1 Å². The first-order valence-electron chi connectivity index (χ1n) is 8.39. The van der Waals surface area contributed by atoms with E-state index in [0.717, 1.165) is 17.0 Å². The van der Waals surface area contributed by atoms with Crippen molar-refractivity contribution in [2.75, 3.05) is 18.2 Å². The Balaban J connectivity index is 1.74. The van der Waals surface area contributed by atoms with Crippen LogP contribution in [0.25, 0.3) is 0 Å². The fraction of sp³-hybridized carbons (Fsp3) is 0.389. The van der Waals surface area contributed by atoms with Crippen molar-refractivity contribution < 1.29 is 9.53 Å². The molecular formula is C18H21N3O3S2. The normalized spacial score (nSPS) is 15.6. The maximum atomic E-state index is 12.6. The van der Waals surface area contributed by atoms with Crippen molar-refractivity contribution in [3.63, 3.8) is 0 Å². The van der Waals surface area contributed by atoms with Crippen molar-refractivity contribution in [3.05, 3.63) is 40.3 Å². The molecule has 1 aromatic carbocycles. The van der Waals surface area contributed by atoms with Crippen LogP contribution < -0.4 is 15.6 Å². The molecule has 6 nitrogen and oxygen atoms in total. The number of amides is 1. The number of methoxy groups -OCH3 is 1. The smallest absolute Gasteiger partial charge is 0.268 e. The van der Waals surface area contributed by atoms with E-state index in [1.165, 1.54) is 11.8 Å². The number of fused-ring (bicyclic) bond motifs is 1. The third kappa shape index (κ3) is 3.91. The molecule has 1 N–H and O–H groups in total. The highest BCUT2D eigenvalue weighted by atomic mass is 32.2. The van der Waals surface area contributed by atoms with Crippen molar-refractivity contribution in [1.82, 2.24) is 9.55 Å². The van der Waals surface area contributed by atoms with Crippen LogP contribution in [0.2, 0.25) is 0 Å². The van der Waals surface area contributed by atoms with E-state index in [1.807, 2.05) is 19.1 Å². The lowest BCUT2D eigenvalue weighted by molar-refractivity contribution is -0.113. The van der Waals surface area contributed by atoms with E-state index >= 15 is 0 Å². The largest absolute Gasteiger partial charge is 0.495 e. The average Bonchev–Trinajstić information content (AvgIpc) is 3.01. The molecule has 1 aliphatic rings. The second kappa shape index (κ2) is 8.18. The second-order valence-electron chi connectivity index (χ2n) is 5.89. The molecule has 0 saturated heterocycles. The zero-order valence-electron chi connectivity index (χ0n) is 14.9. The minimum Gasteiger partial charge on any atom is -0.495 e. The van der Waals surface area contributed by atoms with Crippen molar-refractivity contribution in [3.8, 4) is 5.75 Å². The van der Waals surface area contributed by atoms with Gasteiger partial charge in [-0.15, -0.1) is 11.8 Å². The highest BCUT2D eigenvalue weighted by molar-refractivity contribution is 8.00. The maximum absolute atomic E-state index is 12.6. The minimum atomic E-state index is -0.167. The van der Waals surface area contributed by atoms with Crippen LogP contribution in [0.5, 0.6) is 5.75 Å². The summed E-state index contributed by atoms with van der Waals surface area (Å²) >= 11 is 2.87. The summed E-state index contributed by atoms with van der Waals surface area (Å²) in [6, 6.07) is 7.26. The Labute approximate surface area is 160 Å². The molecule has 2 aromatic rings. The summed E-state index contributed by atoms with van der Waals surface area (Å²) in [5, 5.41) is 3.80. The number of carbonyl (C=O) groups excluding carboxylic acids is 1. The summed E-state index contributed by atoms with van der Waals surface area (Å²) in [5.74, 6) is 0.615. The molecule has 0 aliphatic carbocycles. The van der Waals surface area contributed by atoms with Crippen LogP contribution in [0.15, 0.2) is 39.1 Å². The van der Waals surface area contributed by atoms with E-state index in [1.54, 1.807) is 35.6 Å². The highest BCUT2D eigenvalue weighted by Gasteiger charge is 2.26. The van der Waals surface area contributed by atoms with Gasteiger partial charge in [0.15, 0.2) is 5.16 Å². The van der Waals surface area contributed by atoms with Gasteiger partial charge in [0.2, 0.25) is 5.91 Å². The zero-order chi connectivity index (χ0) is 18.7. The number of hydrogen-bond donors (Lipinski definition) is 1. The number of para-hydroxylation sites is 2. The number of thioether (sulfide) groups is 2. The van der Waals surface area contributed by atoms with Crippen LogP contribution >= 0.6 is 23.5 Å². The minimum absolute atomic E-state index is 0.000475. The molecule has 138 valence electrons. The SMILES string of the molecule is CCn1c(SCC(=O)Nc2ccccc2OC)nc2c(c1=O)SC(C)C2. The second-order valence-corrected chi connectivity index (χ2v) is 8.28. The van der Waals surface area contributed by atoms with Crippen LogP contribution in [0.1, 0.15) is 19.5 Å². The lowest BCUT2D eigenvalue weighted by Crippen LogP contribution is -2.25. The molecule has 3 rings (SSSR count). The molecule has 1 aliphatic heterocycles. The third-order valence-corrected chi connectivity index (χ3v) is 6.18. The molecule has 1 atom stereocenters. The van der Waals surface area contributed by atoms with E-state index in [0.29, 0.717) is 28.4 Å². The van der Waals surface area contributed by atoms with Gasteiger partial charge >= 0.3 is 0 Å². The van der Waals surface area contributed by atoms with Gasteiger partial charge in [-0.2, -0.15) is 0 Å². The molecule has 0 bridgehead atoms. The fourth-order valence-corrected chi connectivity index (χ4v) is 4.78. The molecule has 2 heterocycles. The number of hydrogen-bond acceptors (Lipinski definition) is 6. The standard InChI is InChI=1S/C18H21N3O3S2/c1-4-21-17(23)16-13(9-11(2)26-16)20-18(21)25-10-15(22)19-12-7-5-6-8-14(12)24-3/h5-8,11H,4,9-10H2,1-3H3,(H,19,22). The average molecular weight is 392 g/mol. The molecule has 0 saturated carbocycles. The van der Waals surface area contributed by atoms with Crippen molar-refractivity contribution in [1.29, 1.82) is 0 Å². The molecule has 8 heteroatoms. The number of nitrogens with zero attached hydrogens (tertiary/aromatic N) is 2. The number of aromatic nitrogens is 2. The van der Waals surface area contributed by atoms with Gasteiger partial charge in [-0.25, -0.2) is 4.98 Å². The van der Waals surface area contributed by atoms with Gasteiger partial charge in [-0.05, 0) is 19.1 Å². The van der Waals surface area contributed by atoms with Crippen LogP contribution in [0.4, 0.5) is 5.69 Å². The zero-order valence-corrected chi connectivity index (χ0v) is 16.6. The lowest BCUT2D eigenvalue weighted by atomic mass is 10.2. The van der Waals surface area contributed by atoms with E-state index in [-0.39, 0.29) is 17.2 Å². The first kappa shape index (κ1) is 18.8. The number of anilines is 1. The summed E-state index contributed by atoms with van der Waals surface area (Å²) in [4.78, 5) is 30.4. The molecule has 0 radical (unpaired) electrons. The molecule has 0 spiro atoms. The monoisotopic (exact) mass is 391 g/mol. The van der Waals surface area contributed by atoms with E-state index in [4.69, 9.17) is 4.74 Å². The Morgan fingerprint density at radius 2 is 2.23 bits per heavy atom. The number of ether oxygens (including phenoxy) is 1. The molecule has 1 aromatic heterocycles. The predicted molar refractivity (Wildman–Crippen MR) is 106 cm³/mol. The highest BCUT2D eigenvalue weighted by Crippen LogP contribution is 2.34. The molecule has 1 amide bonds. The Morgan fingerprint density at radius 3 is 2.96 bits per heavy atom. The van der Waals surface area contributed by atoms with Gasteiger partial charge in [0.05, 0.1) is 29.1 Å². The van der Waals surface area contributed by atoms with Gasteiger partial charge in [-0.3, -0.25) is 14.2 Å². The Morgan fingerprint density at radius 1 is 1.46 bits per heavy atom. The Kier molecular flexibility index (Phi) is 5.93. The van der Waals surface area contributed by atoms with Crippen LogP contribution in [0.3, 0.4) is 0 Å². The van der Waals surface area contributed by atoms with Gasteiger partial charge in [0, 0.05) is 18.2 Å². The van der Waals surface area contributed by atoms with Gasteiger partial charge in [-0.1, -0.05) is 30.8 Å². The topological polar surface area (TPSA) is 73.2 Å². The van der Waals surface area contributed by atoms with Crippen LogP contribution in [0, 0.1) is 0 Å². The van der Waals surface area contributed by atoms with Gasteiger partial charge in [0.1, 0.15) is 5.75 Å². The number of carbonyl (C=O) groups is 1. The Bertz CT molecular complexity index is 882. The molecule has 0 fully saturated rings. The quantitative estimate of drug-likeness (QED) is 0.603. The predicted octanol–water partition coefficient (Wildman–Crippen LogP) is 3.04. The maximum Gasteiger partial charge on any atom is 0.268 e. The van der Waals surface area contributed by atoms with E-state index < -0.39 is 0 Å². The van der Waals surface area contributed by atoms with E-state index in [9.17, 15) is 9.59 Å². The fourth-order valence-electron chi connectivity index (χ4n) is 2.78. The Hall–Kier alpha value is -1.93. The van der Waals surface area contributed by atoms with Gasteiger partial charge < -0.3 is 10.1 Å². The number of rotatable bonds is 6. The summed E-state index contributed by atoms with van der Waals surface area (Å²) in [5.41, 5.74) is 1.48. The van der Waals surface area contributed by atoms with Gasteiger partial charge in [0.25, 0.3) is 5.56 Å². The number of benzene rings is 1. The van der Waals surface area contributed by atoms with E-state index in [2.05, 4.69) is 17.2 Å². The first-order chi connectivity index (χ1) is 12.5. The van der Waals surface area contributed by atoms with Crippen molar-refractivity contribution >= 4 is 35.1 Å². The summed E-state index contributed by atoms with van der Waals surface area (Å²) in [6.45, 7) is 4.54. The van der Waals surface area contributed by atoms with Crippen LogP contribution in [-0.4, -0.2) is 33.6 Å². The molecule has 26 heavy (non-hydrogen) atoms. The summed E-state index contributed by atoms with van der Waals surface area (Å²) < 4.78 is 6.88. The summed E-state index contributed by atoms with van der Waals surface area (Å²) in [7, 11) is 1.56.